The van der Waals surface area contributed by atoms with E-state index in [1.807, 2.05) is 0 Å². The van der Waals surface area contributed by atoms with Gasteiger partial charge in [-0.1, -0.05) is 6.92 Å². The molecule has 12 heavy (non-hydrogen) atoms. The van der Waals surface area contributed by atoms with E-state index in [0.29, 0.717) is 25.6 Å². The molecule has 0 unspecified atom stereocenters. The van der Waals surface area contributed by atoms with Gasteiger partial charge in [-0.3, -0.25) is 0 Å². The standard InChI is InChI=1S/C9H16O3/c1-7-2-3-8(10)6-9(7)11-4-5-12-9/h7-8,10H,2-6H2,1H3/t7-,8-/m1/s1. The zero-order chi connectivity index (χ0) is 8.60. The van der Waals surface area contributed by atoms with Crippen molar-refractivity contribution in [3.8, 4) is 0 Å². The SMILES string of the molecule is C[C@@H]1CC[C@@H](O)CC12OCCO2. The molecular formula is C9H16O3. The van der Waals surface area contributed by atoms with E-state index in [2.05, 4.69) is 6.92 Å². The van der Waals surface area contributed by atoms with Gasteiger partial charge < -0.3 is 14.6 Å². The third-order valence-electron chi connectivity index (χ3n) is 2.98. The first-order valence-electron chi connectivity index (χ1n) is 4.69. The van der Waals surface area contributed by atoms with E-state index >= 15 is 0 Å². The van der Waals surface area contributed by atoms with Gasteiger partial charge in [-0.25, -0.2) is 0 Å². The molecule has 1 saturated heterocycles. The Balaban J connectivity index is 2.09. The molecule has 1 N–H and O–H groups in total. The fraction of sp³-hybridized carbons (Fsp3) is 1.00. The maximum atomic E-state index is 9.49. The Morgan fingerprint density at radius 1 is 1.25 bits per heavy atom. The number of aliphatic hydroxyl groups excluding tert-OH is 1. The fourth-order valence-corrected chi connectivity index (χ4v) is 2.17. The van der Waals surface area contributed by atoms with Gasteiger partial charge >= 0.3 is 0 Å². The van der Waals surface area contributed by atoms with Crippen molar-refractivity contribution in [1.82, 2.24) is 0 Å². The van der Waals surface area contributed by atoms with E-state index in [1.165, 1.54) is 0 Å². The Morgan fingerprint density at radius 3 is 2.58 bits per heavy atom. The van der Waals surface area contributed by atoms with Crippen molar-refractivity contribution in [1.29, 1.82) is 0 Å². The second-order valence-corrected chi connectivity index (χ2v) is 3.85. The third-order valence-corrected chi connectivity index (χ3v) is 2.98. The lowest BCUT2D eigenvalue weighted by molar-refractivity contribution is -0.224. The Hall–Kier alpha value is -0.120. The molecule has 1 aliphatic heterocycles. The second-order valence-electron chi connectivity index (χ2n) is 3.85. The smallest absolute Gasteiger partial charge is 0.173 e. The normalized spacial score (nSPS) is 40.5. The molecule has 0 aromatic rings. The summed E-state index contributed by atoms with van der Waals surface area (Å²) in [7, 11) is 0. The lowest BCUT2D eigenvalue weighted by atomic mass is 9.83. The maximum Gasteiger partial charge on any atom is 0.173 e. The summed E-state index contributed by atoms with van der Waals surface area (Å²) in [4.78, 5) is 0. The Bertz CT molecular complexity index is 163. The summed E-state index contributed by atoms with van der Waals surface area (Å²) in [6, 6.07) is 0. The minimum atomic E-state index is -0.447. The van der Waals surface area contributed by atoms with Gasteiger partial charge in [0.25, 0.3) is 0 Å². The van der Waals surface area contributed by atoms with E-state index in [4.69, 9.17) is 9.47 Å². The highest BCUT2D eigenvalue weighted by Crippen LogP contribution is 2.40. The average Bonchev–Trinajstić information content (AvgIpc) is 2.48. The molecule has 1 heterocycles. The lowest BCUT2D eigenvalue weighted by Crippen LogP contribution is -2.45. The summed E-state index contributed by atoms with van der Waals surface area (Å²) in [5, 5.41) is 9.49. The maximum absolute atomic E-state index is 9.49. The second kappa shape index (κ2) is 2.98. The minimum Gasteiger partial charge on any atom is -0.393 e. The van der Waals surface area contributed by atoms with Crippen molar-refractivity contribution < 1.29 is 14.6 Å². The molecule has 0 aromatic heterocycles. The number of hydrogen-bond acceptors (Lipinski definition) is 3. The molecule has 1 aliphatic carbocycles. The Morgan fingerprint density at radius 2 is 1.92 bits per heavy atom. The van der Waals surface area contributed by atoms with Gasteiger partial charge in [0.15, 0.2) is 5.79 Å². The summed E-state index contributed by atoms with van der Waals surface area (Å²) in [5.74, 6) is -0.0269. The molecule has 2 atom stereocenters. The summed E-state index contributed by atoms with van der Waals surface area (Å²) in [6.45, 7) is 3.49. The molecule has 3 heteroatoms. The van der Waals surface area contributed by atoms with Crippen LogP contribution in [-0.2, 0) is 9.47 Å². The fourth-order valence-electron chi connectivity index (χ4n) is 2.17. The van der Waals surface area contributed by atoms with Crippen LogP contribution in [0.15, 0.2) is 0 Å². The largest absolute Gasteiger partial charge is 0.393 e. The van der Waals surface area contributed by atoms with Gasteiger partial charge in [-0.2, -0.15) is 0 Å². The zero-order valence-electron chi connectivity index (χ0n) is 7.45. The first-order valence-corrected chi connectivity index (χ1v) is 4.69. The van der Waals surface area contributed by atoms with Crippen LogP contribution < -0.4 is 0 Å². The van der Waals surface area contributed by atoms with Gasteiger partial charge in [0.2, 0.25) is 0 Å². The van der Waals surface area contributed by atoms with E-state index in [1.54, 1.807) is 0 Å². The Kier molecular flexibility index (Phi) is 2.10. The van der Waals surface area contributed by atoms with Crippen molar-refractivity contribution in [2.24, 2.45) is 5.92 Å². The van der Waals surface area contributed by atoms with Crippen LogP contribution in [0.2, 0.25) is 0 Å². The molecule has 3 nitrogen and oxygen atoms in total. The topological polar surface area (TPSA) is 38.7 Å². The van der Waals surface area contributed by atoms with Crippen LogP contribution in [0.5, 0.6) is 0 Å². The van der Waals surface area contributed by atoms with Crippen molar-refractivity contribution >= 4 is 0 Å². The molecule has 1 spiro atoms. The highest BCUT2D eigenvalue weighted by atomic mass is 16.7. The van der Waals surface area contributed by atoms with Gasteiger partial charge in [-0.15, -0.1) is 0 Å². The molecular weight excluding hydrogens is 156 g/mol. The summed E-state index contributed by atoms with van der Waals surface area (Å²) < 4.78 is 11.2. The molecule has 2 rings (SSSR count). The molecule has 1 saturated carbocycles. The highest BCUT2D eigenvalue weighted by molar-refractivity contribution is 4.87. The van der Waals surface area contributed by atoms with E-state index < -0.39 is 5.79 Å². The van der Waals surface area contributed by atoms with Crippen LogP contribution in [0, 0.1) is 5.92 Å². The first-order chi connectivity index (χ1) is 5.73. The summed E-state index contributed by atoms with van der Waals surface area (Å²) in [5.41, 5.74) is 0. The van der Waals surface area contributed by atoms with Crippen molar-refractivity contribution in [2.45, 2.75) is 38.1 Å². The predicted molar refractivity (Wildman–Crippen MR) is 43.7 cm³/mol. The summed E-state index contributed by atoms with van der Waals surface area (Å²) >= 11 is 0. The minimum absolute atomic E-state index is 0.237. The van der Waals surface area contributed by atoms with Crippen molar-refractivity contribution in [2.75, 3.05) is 13.2 Å². The third kappa shape index (κ3) is 1.26. The van der Waals surface area contributed by atoms with Gasteiger partial charge in [-0.05, 0) is 12.8 Å². The monoisotopic (exact) mass is 172 g/mol. The molecule has 2 aliphatic rings. The van der Waals surface area contributed by atoms with Crippen LogP contribution >= 0.6 is 0 Å². The van der Waals surface area contributed by atoms with Gasteiger partial charge in [0.05, 0.1) is 19.3 Å². The predicted octanol–water partition coefficient (Wildman–Crippen LogP) is 0.910. The number of aliphatic hydroxyl groups is 1. The van der Waals surface area contributed by atoms with E-state index in [-0.39, 0.29) is 6.10 Å². The van der Waals surface area contributed by atoms with Crippen molar-refractivity contribution in [3.05, 3.63) is 0 Å². The molecule has 2 fully saturated rings. The molecule has 70 valence electrons. The van der Waals surface area contributed by atoms with E-state index in [0.717, 1.165) is 12.8 Å². The molecule has 0 radical (unpaired) electrons. The number of ether oxygens (including phenoxy) is 2. The molecule has 0 aromatic carbocycles. The van der Waals surface area contributed by atoms with Crippen LogP contribution in [0.25, 0.3) is 0 Å². The van der Waals surface area contributed by atoms with Crippen LogP contribution in [0.3, 0.4) is 0 Å². The first kappa shape index (κ1) is 8.48. The quantitative estimate of drug-likeness (QED) is 0.590. The van der Waals surface area contributed by atoms with E-state index in [9.17, 15) is 5.11 Å². The highest BCUT2D eigenvalue weighted by Gasteiger charge is 2.46. The molecule has 0 amide bonds. The van der Waals surface area contributed by atoms with Crippen LogP contribution in [0.1, 0.15) is 26.2 Å². The van der Waals surface area contributed by atoms with Gasteiger partial charge in [0, 0.05) is 12.3 Å². The van der Waals surface area contributed by atoms with Crippen molar-refractivity contribution in [3.63, 3.8) is 0 Å². The lowest BCUT2D eigenvalue weighted by Gasteiger charge is -2.39. The number of hydrogen-bond donors (Lipinski definition) is 1. The van der Waals surface area contributed by atoms with Gasteiger partial charge in [0.1, 0.15) is 0 Å². The van der Waals surface area contributed by atoms with Crippen LogP contribution in [-0.4, -0.2) is 30.2 Å². The average molecular weight is 172 g/mol. The number of rotatable bonds is 0. The molecule has 0 bridgehead atoms. The summed E-state index contributed by atoms with van der Waals surface area (Å²) in [6.07, 6.45) is 2.30. The Labute approximate surface area is 72.7 Å². The zero-order valence-corrected chi connectivity index (χ0v) is 7.45. The van der Waals surface area contributed by atoms with Crippen LogP contribution in [0.4, 0.5) is 0 Å².